The van der Waals surface area contributed by atoms with Gasteiger partial charge in [0.05, 0.1) is 0 Å². The maximum Gasteiger partial charge on any atom is 0.256 e. The number of nitrogens with zero attached hydrogens (tertiary/aromatic N) is 1. The number of aryl methyl sites for hydroxylation is 1. The number of rotatable bonds is 1. The van der Waals surface area contributed by atoms with Gasteiger partial charge in [-0.3, -0.25) is 4.79 Å². The van der Waals surface area contributed by atoms with E-state index in [4.69, 9.17) is 0 Å². The normalized spacial score (nSPS) is 9.85. The van der Waals surface area contributed by atoms with Crippen molar-refractivity contribution in [3.8, 4) is 0 Å². The number of nitrogens with one attached hydrogen (secondary N) is 1. The Morgan fingerprint density at radius 2 is 2.31 bits per heavy atom. The van der Waals surface area contributed by atoms with E-state index < -0.39 is 11.9 Å². The zero-order valence-corrected chi connectivity index (χ0v) is 8.77. The Hall–Kier alpha value is -0.970. The molecule has 0 unspecified atom stereocenters. The van der Waals surface area contributed by atoms with Gasteiger partial charge >= 0.3 is 0 Å². The summed E-state index contributed by atoms with van der Waals surface area (Å²) in [5.41, 5.74) is 0.669. The molecule has 70 valence electrons. The zero-order valence-electron chi connectivity index (χ0n) is 7.19. The van der Waals surface area contributed by atoms with Gasteiger partial charge in [0, 0.05) is 17.7 Å². The van der Waals surface area contributed by atoms with Crippen molar-refractivity contribution in [1.29, 1.82) is 0 Å². The van der Waals surface area contributed by atoms with Crippen molar-refractivity contribution in [2.45, 2.75) is 6.92 Å². The highest BCUT2D eigenvalue weighted by Gasteiger charge is 2.16. The molecule has 1 aromatic rings. The average molecular weight is 247 g/mol. The van der Waals surface area contributed by atoms with Crippen LogP contribution in [0, 0.1) is 12.9 Å². The van der Waals surface area contributed by atoms with Crippen LogP contribution in [0.5, 0.6) is 0 Å². The van der Waals surface area contributed by atoms with Gasteiger partial charge in [0.25, 0.3) is 5.91 Å². The fourth-order valence-electron chi connectivity index (χ4n) is 0.881. The standard InChI is InChI=1S/C8H8BrFN2O/c1-4-3-12-7(10)5(6(4)9)8(13)11-2/h3H,1-2H3,(H,11,13). The number of aromatic nitrogens is 1. The number of hydrogen-bond donors (Lipinski definition) is 1. The van der Waals surface area contributed by atoms with Gasteiger partial charge in [-0.1, -0.05) is 0 Å². The highest BCUT2D eigenvalue weighted by molar-refractivity contribution is 9.10. The van der Waals surface area contributed by atoms with E-state index >= 15 is 0 Å². The second-order valence-corrected chi connectivity index (χ2v) is 3.29. The van der Waals surface area contributed by atoms with Crippen LogP contribution >= 0.6 is 15.9 Å². The molecule has 0 saturated carbocycles. The van der Waals surface area contributed by atoms with Crippen molar-refractivity contribution in [2.75, 3.05) is 7.05 Å². The van der Waals surface area contributed by atoms with E-state index in [2.05, 4.69) is 26.2 Å². The minimum Gasteiger partial charge on any atom is -0.355 e. The van der Waals surface area contributed by atoms with Crippen LogP contribution in [0.1, 0.15) is 15.9 Å². The zero-order chi connectivity index (χ0) is 10.0. The van der Waals surface area contributed by atoms with Crippen molar-refractivity contribution in [1.82, 2.24) is 10.3 Å². The molecule has 0 radical (unpaired) electrons. The van der Waals surface area contributed by atoms with Crippen LogP contribution in [0.3, 0.4) is 0 Å². The molecule has 0 saturated heterocycles. The number of carbonyl (C=O) groups is 1. The summed E-state index contributed by atoms with van der Waals surface area (Å²) >= 11 is 3.13. The van der Waals surface area contributed by atoms with Gasteiger partial charge in [-0.05, 0) is 28.4 Å². The van der Waals surface area contributed by atoms with Crippen LogP contribution in [0.2, 0.25) is 0 Å². The summed E-state index contributed by atoms with van der Waals surface area (Å²) in [6, 6.07) is 0. The van der Waals surface area contributed by atoms with E-state index in [0.717, 1.165) is 5.56 Å². The summed E-state index contributed by atoms with van der Waals surface area (Å²) in [6.07, 6.45) is 1.37. The third-order valence-electron chi connectivity index (χ3n) is 1.60. The van der Waals surface area contributed by atoms with E-state index in [1.165, 1.54) is 13.2 Å². The Kier molecular flexibility index (Phi) is 2.98. The minimum absolute atomic E-state index is 0.0532. The number of hydrogen-bond acceptors (Lipinski definition) is 2. The summed E-state index contributed by atoms with van der Waals surface area (Å²) in [4.78, 5) is 14.6. The molecular formula is C8H8BrFN2O. The minimum atomic E-state index is -0.767. The summed E-state index contributed by atoms with van der Waals surface area (Å²) in [5, 5.41) is 2.34. The van der Waals surface area contributed by atoms with Gasteiger partial charge in [-0.15, -0.1) is 0 Å². The topological polar surface area (TPSA) is 42.0 Å². The molecule has 0 fully saturated rings. The first-order valence-electron chi connectivity index (χ1n) is 3.60. The first kappa shape index (κ1) is 10.1. The van der Waals surface area contributed by atoms with Gasteiger partial charge in [0.15, 0.2) is 0 Å². The van der Waals surface area contributed by atoms with Gasteiger partial charge in [-0.25, -0.2) is 4.98 Å². The molecule has 1 N–H and O–H groups in total. The lowest BCUT2D eigenvalue weighted by Crippen LogP contribution is -2.20. The first-order valence-corrected chi connectivity index (χ1v) is 4.40. The summed E-state index contributed by atoms with van der Waals surface area (Å²) in [7, 11) is 1.44. The van der Waals surface area contributed by atoms with E-state index in [0.29, 0.717) is 4.47 Å². The molecule has 1 heterocycles. The molecular weight excluding hydrogens is 239 g/mol. The van der Waals surface area contributed by atoms with Crippen LogP contribution in [-0.2, 0) is 0 Å². The maximum absolute atomic E-state index is 13.1. The quantitative estimate of drug-likeness (QED) is 0.766. The van der Waals surface area contributed by atoms with Gasteiger partial charge < -0.3 is 5.32 Å². The van der Waals surface area contributed by atoms with Crippen LogP contribution in [-0.4, -0.2) is 17.9 Å². The summed E-state index contributed by atoms with van der Waals surface area (Å²) in [5.74, 6) is -1.25. The third-order valence-corrected chi connectivity index (χ3v) is 2.62. The Morgan fingerprint density at radius 1 is 1.69 bits per heavy atom. The Morgan fingerprint density at radius 3 is 2.85 bits per heavy atom. The smallest absolute Gasteiger partial charge is 0.256 e. The highest BCUT2D eigenvalue weighted by Crippen LogP contribution is 2.21. The molecule has 0 aliphatic rings. The van der Waals surface area contributed by atoms with Crippen molar-refractivity contribution in [3.05, 3.63) is 27.7 Å². The predicted molar refractivity (Wildman–Crippen MR) is 50.0 cm³/mol. The first-order chi connectivity index (χ1) is 6.07. The second kappa shape index (κ2) is 3.83. The lowest BCUT2D eigenvalue weighted by atomic mass is 10.2. The second-order valence-electron chi connectivity index (χ2n) is 2.50. The monoisotopic (exact) mass is 246 g/mol. The number of pyridine rings is 1. The van der Waals surface area contributed by atoms with Crippen molar-refractivity contribution in [2.24, 2.45) is 0 Å². The van der Waals surface area contributed by atoms with E-state index in [-0.39, 0.29) is 5.56 Å². The molecule has 0 aliphatic heterocycles. The molecule has 0 aliphatic carbocycles. The van der Waals surface area contributed by atoms with Crippen LogP contribution in [0.15, 0.2) is 10.7 Å². The molecule has 0 bridgehead atoms. The van der Waals surface area contributed by atoms with Crippen molar-refractivity contribution in [3.63, 3.8) is 0 Å². The van der Waals surface area contributed by atoms with Crippen LogP contribution < -0.4 is 5.32 Å². The third kappa shape index (κ3) is 1.85. The number of carbonyl (C=O) groups excluding carboxylic acids is 1. The lowest BCUT2D eigenvalue weighted by Gasteiger charge is -2.05. The molecule has 0 atom stereocenters. The fourth-order valence-corrected chi connectivity index (χ4v) is 1.33. The van der Waals surface area contributed by atoms with Crippen molar-refractivity contribution < 1.29 is 9.18 Å². The summed E-state index contributed by atoms with van der Waals surface area (Å²) in [6.45, 7) is 1.74. The molecule has 0 aromatic carbocycles. The SMILES string of the molecule is CNC(=O)c1c(F)ncc(C)c1Br. The average Bonchev–Trinajstić information content (AvgIpc) is 2.12. The van der Waals surface area contributed by atoms with Gasteiger partial charge in [0.1, 0.15) is 5.56 Å². The molecule has 1 rings (SSSR count). The van der Waals surface area contributed by atoms with Crippen LogP contribution in [0.25, 0.3) is 0 Å². The molecule has 3 nitrogen and oxygen atoms in total. The molecule has 1 amide bonds. The largest absolute Gasteiger partial charge is 0.355 e. The number of amides is 1. The van der Waals surface area contributed by atoms with Gasteiger partial charge in [0.2, 0.25) is 5.95 Å². The predicted octanol–water partition coefficient (Wildman–Crippen LogP) is 1.65. The fraction of sp³-hybridized carbons (Fsp3) is 0.250. The summed E-state index contributed by atoms with van der Waals surface area (Å²) < 4.78 is 13.5. The Balaban J connectivity index is 3.33. The van der Waals surface area contributed by atoms with E-state index in [1.807, 2.05) is 0 Å². The van der Waals surface area contributed by atoms with Crippen LogP contribution in [0.4, 0.5) is 4.39 Å². The molecule has 5 heteroatoms. The van der Waals surface area contributed by atoms with E-state index in [1.54, 1.807) is 6.92 Å². The lowest BCUT2D eigenvalue weighted by molar-refractivity contribution is 0.0957. The van der Waals surface area contributed by atoms with E-state index in [9.17, 15) is 9.18 Å². The highest BCUT2D eigenvalue weighted by atomic mass is 79.9. The Labute approximate surface area is 83.5 Å². The molecule has 0 spiro atoms. The Bertz CT molecular complexity index is 354. The number of halogens is 2. The van der Waals surface area contributed by atoms with Crippen molar-refractivity contribution >= 4 is 21.8 Å². The molecule has 1 aromatic heterocycles. The molecule has 13 heavy (non-hydrogen) atoms. The maximum atomic E-state index is 13.1. The van der Waals surface area contributed by atoms with Gasteiger partial charge in [-0.2, -0.15) is 4.39 Å².